The summed E-state index contributed by atoms with van der Waals surface area (Å²) in [4.78, 5) is 14.7. The van der Waals surface area contributed by atoms with Crippen LogP contribution in [0.5, 0.6) is 11.8 Å². The van der Waals surface area contributed by atoms with Crippen LogP contribution >= 0.6 is 11.6 Å². The molecular formula is C10H8ClN3O3. The number of nitrogens with one attached hydrogen (secondary N) is 1. The van der Waals surface area contributed by atoms with Crippen molar-refractivity contribution in [2.75, 3.05) is 0 Å². The normalized spacial score (nSPS) is 10.2. The van der Waals surface area contributed by atoms with E-state index in [2.05, 4.69) is 15.2 Å². The van der Waals surface area contributed by atoms with E-state index in [4.69, 9.17) is 21.4 Å². The predicted octanol–water partition coefficient (Wildman–Crippen LogP) is 2.26. The highest BCUT2D eigenvalue weighted by molar-refractivity contribution is 6.33. The van der Waals surface area contributed by atoms with Crippen LogP contribution in [0.2, 0.25) is 5.02 Å². The molecule has 0 saturated heterocycles. The smallest absolute Gasteiger partial charge is 0.337 e. The summed E-state index contributed by atoms with van der Waals surface area (Å²) in [6, 6.07) is 2.91. The Balaban J connectivity index is 2.28. The number of hydrogen-bond donors (Lipinski definition) is 2. The molecule has 0 amide bonds. The fourth-order valence-electron chi connectivity index (χ4n) is 1.19. The summed E-state index contributed by atoms with van der Waals surface area (Å²) in [6.07, 6.45) is 1.22. The van der Waals surface area contributed by atoms with Crippen molar-refractivity contribution in [3.8, 4) is 11.8 Å². The third-order valence-electron chi connectivity index (χ3n) is 1.95. The summed E-state index contributed by atoms with van der Waals surface area (Å²) >= 11 is 5.68. The molecule has 0 saturated carbocycles. The lowest BCUT2D eigenvalue weighted by Gasteiger charge is -2.03. The molecule has 0 aliphatic carbocycles. The number of halogens is 1. The first-order valence-corrected chi connectivity index (χ1v) is 5.03. The standard InChI is InChI=1S/C10H8ClN3O3/c1-5-2-9(14-13-5)17-8-3-6(10(15)16)7(11)4-12-8/h2-4H,1H3,(H,13,14)(H,15,16). The second kappa shape index (κ2) is 4.42. The van der Waals surface area contributed by atoms with Gasteiger partial charge >= 0.3 is 5.97 Å². The van der Waals surface area contributed by atoms with E-state index >= 15 is 0 Å². The molecule has 88 valence electrons. The number of hydrogen-bond acceptors (Lipinski definition) is 4. The predicted molar refractivity (Wildman–Crippen MR) is 59.6 cm³/mol. The molecule has 0 atom stereocenters. The Kier molecular flexibility index (Phi) is 2.97. The molecule has 0 unspecified atom stereocenters. The van der Waals surface area contributed by atoms with Gasteiger partial charge in [-0.3, -0.25) is 5.10 Å². The van der Waals surface area contributed by atoms with Crippen molar-refractivity contribution in [2.24, 2.45) is 0 Å². The van der Waals surface area contributed by atoms with Crippen LogP contribution in [0.3, 0.4) is 0 Å². The van der Waals surface area contributed by atoms with E-state index in [0.717, 1.165) is 5.69 Å². The number of carboxylic acid groups (broad SMARTS) is 1. The third kappa shape index (κ3) is 2.54. The van der Waals surface area contributed by atoms with Crippen LogP contribution in [0.4, 0.5) is 0 Å². The molecule has 2 N–H and O–H groups in total. The molecule has 0 fully saturated rings. The lowest BCUT2D eigenvalue weighted by atomic mass is 10.3. The second-order valence-corrected chi connectivity index (χ2v) is 3.71. The molecule has 0 radical (unpaired) electrons. The van der Waals surface area contributed by atoms with Crippen molar-refractivity contribution in [1.29, 1.82) is 0 Å². The van der Waals surface area contributed by atoms with E-state index in [1.54, 1.807) is 6.07 Å². The highest BCUT2D eigenvalue weighted by atomic mass is 35.5. The molecule has 0 bridgehead atoms. The van der Waals surface area contributed by atoms with Gasteiger partial charge in [-0.25, -0.2) is 9.78 Å². The highest BCUT2D eigenvalue weighted by Crippen LogP contribution is 2.22. The molecule has 0 aromatic carbocycles. The van der Waals surface area contributed by atoms with Gasteiger partial charge in [0.1, 0.15) is 0 Å². The number of ether oxygens (including phenoxy) is 1. The number of pyridine rings is 1. The first-order valence-electron chi connectivity index (χ1n) is 4.65. The molecule has 7 heteroatoms. The van der Waals surface area contributed by atoms with Crippen molar-refractivity contribution < 1.29 is 14.6 Å². The van der Waals surface area contributed by atoms with Crippen LogP contribution in [0, 0.1) is 6.92 Å². The molecule has 0 aliphatic rings. The van der Waals surface area contributed by atoms with E-state index in [9.17, 15) is 4.79 Å². The maximum Gasteiger partial charge on any atom is 0.337 e. The van der Waals surface area contributed by atoms with E-state index < -0.39 is 5.97 Å². The van der Waals surface area contributed by atoms with Crippen molar-refractivity contribution >= 4 is 17.6 Å². The Morgan fingerprint density at radius 1 is 1.47 bits per heavy atom. The number of carbonyl (C=O) groups is 1. The lowest BCUT2D eigenvalue weighted by molar-refractivity contribution is 0.0696. The number of aromatic amines is 1. The minimum absolute atomic E-state index is 0.0584. The maximum absolute atomic E-state index is 10.8. The average molecular weight is 254 g/mol. The number of nitrogens with zero attached hydrogens (tertiary/aromatic N) is 2. The molecule has 2 heterocycles. The Morgan fingerprint density at radius 2 is 2.24 bits per heavy atom. The second-order valence-electron chi connectivity index (χ2n) is 3.30. The van der Waals surface area contributed by atoms with Crippen LogP contribution < -0.4 is 4.74 Å². The van der Waals surface area contributed by atoms with E-state index in [1.165, 1.54) is 12.3 Å². The Labute approximate surface area is 101 Å². The number of H-pyrrole nitrogens is 1. The van der Waals surface area contributed by atoms with Gasteiger partial charge in [0.2, 0.25) is 11.8 Å². The summed E-state index contributed by atoms with van der Waals surface area (Å²) in [5, 5.41) is 15.5. The van der Waals surface area contributed by atoms with Gasteiger partial charge in [-0.1, -0.05) is 11.6 Å². The van der Waals surface area contributed by atoms with Crippen LogP contribution in [-0.2, 0) is 0 Å². The summed E-state index contributed by atoms with van der Waals surface area (Å²) in [6.45, 7) is 1.82. The number of aromatic nitrogens is 3. The van der Waals surface area contributed by atoms with E-state index in [0.29, 0.717) is 5.88 Å². The van der Waals surface area contributed by atoms with Gasteiger partial charge in [0.15, 0.2) is 0 Å². The fraction of sp³-hybridized carbons (Fsp3) is 0.100. The first kappa shape index (κ1) is 11.4. The van der Waals surface area contributed by atoms with Crippen LogP contribution in [0.1, 0.15) is 16.1 Å². The number of aromatic carboxylic acids is 1. The topological polar surface area (TPSA) is 88.1 Å². The minimum Gasteiger partial charge on any atom is -0.478 e. The molecule has 2 aromatic heterocycles. The summed E-state index contributed by atoms with van der Waals surface area (Å²) in [7, 11) is 0. The monoisotopic (exact) mass is 253 g/mol. The van der Waals surface area contributed by atoms with Crippen molar-refractivity contribution in [1.82, 2.24) is 15.2 Å². The van der Waals surface area contributed by atoms with Gasteiger partial charge in [-0.2, -0.15) is 0 Å². The van der Waals surface area contributed by atoms with E-state index in [1.807, 2.05) is 6.92 Å². The molecule has 17 heavy (non-hydrogen) atoms. The van der Waals surface area contributed by atoms with Crippen LogP contribution in [0.15, 0.2) is 18.3 Å². The molecule has 0 spiro atoms. The van der Waals surface area contributed by atoms with Crippen molar-refractivity contribution in [2.45, 2.75) is 6.92 Å². The quantitative estimate of drug-likeness (QED) is 0.876. The molecule has 0 aliphatic heterocycles. The zero-order valence-corrected chi connectivity index (χ0v) is 9.52. The number of rotatable bonds is 3. The zero-order chi connectivity index (χ0) is 12.4. The van der Waals surface area contributed by atoms with Gasteiger partial charge in [0.25, 0.3) is 0 Å². The Bertz CT molecular complexity index is 568. The van der Waals surface area contributed by atoms with E-state index in [-0.39, 0.29) is 16.5 Å². The third-order valence-corrected chi connectivity index (χ3v) is 2.25. The average Bonchev–Trinajstić information content (AvgIpc) is 2.66. The minimum atomic E-state index is -1.14. The number of carboxylic acids is 1. The Morgan fingerprint density at radius 3 is 2.82 bits per heavy atom. The first-order chi connectivity index (χ1) is 8.06. The summed E-state index contributed by atoms with van der Waals surface area (Å²) < 4.78 is 5.27. The van der Waals surface area contributed by atoms with Gasteiger partial charge in [-0.15, -0.1) is 5.10 Å². The molecule has 2 aromatic rings. The molecule has 2 rings (SSSR count). The largest absolute Gasteiger partial charge is 0.478 e. The number of aryl methyl sites for hydroxylation is 1. The highest BCUT2D eigenvalue weighted by Gasteiger charge is 2.12. The molecule has 6 nitrogen and oxygen atoms in total. The van der Waals surface area contributed by atoms with Gasteiger partial charge in [0.05, 0.1) is 16.8 Å². The fourth-order valence-corrected chi connectivity index (χ4v) is 1.38. The summed E-state index contributed by atoms with van der Waals surface area (Å²) in [5.41, 5.74) is 0.761. The maximum atomic E-state index is 10.8. The molecular weight excluding hydrogens is 246 g/mol. The van der Waals surface area contributed by atoms with Crippen molar-refractivity contribution in [3.05, 3.63) is 34.6 Å². The van der Waals surface area contributed by atoms with Gasteiger partial charge in [0, 0.05) is 17.8 Å². The van der Waals surface area contributed by atoms with Gasteiger partial charge in [-0.05, 0) is 6.92 Å². The SMILES string of the molecule is Cc1cc(Oc2cc(C(=O)O)c(Cl)cn2)n[nH]1. The van der Waals surface area contributed by atoms with Crippen molar-refractivity contribution in [3.63, 3.8) is 0 Å². The Hall–Kier alpha value is -2.08. The zero-order valence-electron chi connectivity index (χ0n) is 8.77. The van der Waals surface area contributed by atoms with Crippen LogP contribution in [0.25, 0.3) is 0 Å². The van der Waals surface area contributed by atoms with Gasteiger partial charge < -0.3 is 9.84 Å². The lowest BCUT2D eigenvalue weighted by Crippen LogP contribution is -1.99. The summed E-state index contributed by atoms with van der Waals surface area (Å²) in [5.74, 6) is -0.701. The van der Waals surface area contributed by atoms with Crippen LogP contribution in [-0.4, -0.2) is 26.3 Å².